The molecule has 3 heteroatoms. The molecule has 0 aromatic heterocycles. The summed E-state index contributed by atoms with van der Waals surface area (Å²) < 4.78 is 0. The highest BCUT2D eigenvalue weighted by molar-refractivity contribution is 5.81. The molecule has 1 unspecified atom stereocenters. The molecule has 0 aliphatic heterocycles. The Balaban J connectivity index is 4.19. The summed E-state index contributed by atoms with van der Waals surface area (Å²) in [6.07, 6.45) is 0. The number of rotatable bonds is 5. The van der Waals surface area contributed by atoms with E-state index < -0.39 is 0 Å². The lowest BCUT2D eigenvalue weighted by Crippen LogP contribution is -2.47. The van der Waals surface area contributed by atoms with E-state index in [1.165, 1.54) is 0 Å². The first kappa shape index (κ1) is 12.4. The molecule has 78 valence electrons. The average Bonchev–Trinajstić information content (AvgIpc) is 2.05. The Hall–Kier alpha value is -0.570. The summed E-state index contributed by atoms with van der Waals surface area (Å²) >= 11 is 0. The van der Waals surface area contributed by atoms with Gasteiger partial charge in [-0.3, -0.25) is 9.69 Å². The van der Waals surface area contributed by atoms with E-state index in [0.717, 1.165) is 6.54 Å². The quantitative estimate of drug-likeness (QED) is 0.700. The molecule has 0 aromatic rings. The minimum absolute atomic E-state index is 0.0232. The number of hydrogen-bond acceptors (Lipinski definition) is 2. The Bertz CT molecular complexity index is 157. The Morgan fingerprint density at radius 3 is 2.15 bits per heavy atom. The molecule has 0 saturated heterocycles. The topological polar surface area (TPSA) is 32.3 Å². The van der Waals surface area contributed by atoms with Crippen LogP contribution in [0.3, 0.4) is 0 Å². The van der Waals surface area contributed by atoms with Crippen LogP contribution in [0, 0.1) is 0 Å². The highest BCUT2D eigenvalue weighted by Gasteiger charge is 2.20. The van der Waals surface area contributed by atoms with Crippen LogP contribution in [0.15, 0.2) is 0 Å². The summed E-state index contributed by atoms with van der Waals surface area (Å²) in [5, 5.41) is 2.83. The van der Waals surface area contributed by atoms with Gasteiger partial charge in [-0.15, -0.1) is 0 Å². The Morgan fingerprint density at radius 2 is 1.85 bits per heavy atom. The minimum atomic E-state index is -0.0232. The van der Waals surface area contributed by atoms with Crippen LogP contribution in [0.25, 0.3) is 0 Å². The monoisotopic (exact) mass is 186 g/mol. The van der Waals surface area contributed by atoms with Gasteiger partial charge in [0.25, 0.3) is 0 Å². The number of amides is 1. The van der Waals surface area contributed by atoms with E-state index in [4.69, 9.17) is 0 Å². The van der Waals surface area contributed by atoms with E-state index in [2.05, 4.69) is 31.0 Å². The van der Waals surface area contributed by atoms with Gasteiger partial charge < -0.3 is 5.32 Å². The molecule has 0 bridgehead atoms. The molecule has 3 nitrogen and oxygen atoms in total. The van der Waals surface area contributed by atoms with Gasteiger partial charge in [-0.05, 0) is 34.2 Å². The Labute approximate surface area is 81.5 Å². The lowest BCUT2D eigenvalue weighted by molar-refractivity contribution is -0.126. The predicted octanol–water partition coefficient (Wildman–Crippen LogP) is 1.24. The van der Waals surface area contributed by atoms with Crippen molar-refractivity contribution in [2.24, 2.45) is 0 Å². The van der Waals surface area contributed by atoms with Crippen molar-refractivity contribution in [3.63, 3.8) is 0 Å². The Kier molecular flexibility index (Phi) is 5.71. The fourth-order valence-corrected chi connectivity index (χ4v) is 1.56. The maximum absolute atomic E-state index is 11.5. The first-order chi connectivity index (χ1) is 6.04. The third-order valence-electron chi connectivity index (χ3n) is 2.26. The van der Waals surface area contributed by atoms with Crippen LogP contribution in [-0.4, -0.2) is 36.0 Å². The summed E-state index contributed by atoms with van der Waals surface area (Å²) in [4.78, 5) is 13.7. The highest BCUT2D eigenvalue weighted by atomic mass is 16.2. The van der Waals surface area contributed by atoms with Crippen molar-refractivity contribution < 1.29 is 4.79 Å². The van der Waals surface area contributed by atoms with Gasteiger partial charge in [-0.2, -0.15) is 0 Å². The number of carbonyl (C=O) groups is 1. The molecule has 0 spiro atoms. The average molecular weight is 186 g/mol. The van der Waals surface area contributed by atoms with Crippen molar-refractivity contribution in [3.8, 4) is 0 Å². The molecule has 0 aliphatic carbocycles. The first-order valence-electron chi connectivity index (χ1n) is 5.08. The standard InChI is InChI=1S/C10H22N2O/c1-6-11-10(13)9(5)12(7-2)8(3)4/h8-9H,6-7H2,1-5H3,(H,11,13). The minimum Gasteiger partial charge on any atom is -0.355 e. The lowest BCUT2D eigenvalue weighted by atomic mass is 10.2. The number of nitrogens with zero attached hydrogens (tertiary/aromatic N) is 1. The molecule has 1 amide bonds. The van der Waals surface area contributed by atoms with E-state index in [-0.39, 0.29) is 11.9 Å². The maximum atomic E-state index is 11.5. The van der Waals surface area contributed by atoms with Crippen LogP contribution in [0.1, 0.15) is 34.6 Å². The summed E-state index contributed by atoms with van der Waals surface area (Å²) in [6.45, 7) is 11.8. The zero-order valence-electron chi connectivity index (χ0n) is 9.42. The number of carbonyl (C=O) groups excluding carboxylic acids is 1. The van der Waals surface area contributed by atoms with Gasteiger partial charge in [0.15, 0.2) is 0 Å². The normalized spacial score (nSPS) is 13.5. The molecule has 0 saturated carbocycles. The SMILES string of the molecule is CCNC(=O)C(C)N(CC)C(C)C. The number of likely N-dealkylation sites (N-methyl/N-ethyl adjacent to an activating group) is 2. The van der Waals surface area contributed by atoms with Gasteiger partial charge in [0.2, 0.25) is 5.91 Å². The van der Waals surface area contributed by atoms with Crippen molar-refractivity contribution in [2.45, 2.75) is 46.7 Å². The molecule has 13 heavy (non-hydrogen) atoms. The number of nitrogens with one attached hydrogen (secondary N) is 1. The van der Waals surface area contributed by atoms with Gasteiger partial charge in [0.1, 0.15) is 0 Å². The van der Waals surface area contributed by atoms with Gasteiger partial charge in [-0.25, -0.2) is 0 Å². The fourth-order valence-electron chi connectivity index (χ4n) is 1.56. The second-order valence-electron chi connectivity index (χ2n) is 3.49. The molecule has 0 aliphatic rings. The van der Waals surface area contributed by atoms with Crippen LogP contribution in [0.5, 0.6) is 0 Å². The zero-order chi connectivity index (χ0) is 10.4. The summed E-state index contributed by atoms with van der Waals surface area (Å²) in [7, 11) is 0. The second kappa shape index (κ2) is 5.97. The third kappa shape index (κ3) is 3.77. The van der Waals surface area contributed by atoms with E-state index in [0.29, 0.717) is 12.6 Å². The van der Waals surface area contributed by atoms with Crippen LogP contribution >= 0.6 is 0 Å². The summed E-state index contributed by atoms with van der Waals surface area (Å²) in [6, 6.07) is 0.396. The van der Waals surface area contributed by atoms with Crippen molar-refractivity contribution in [1.82, 2.24) is 10.2 Å². The van der Waals surface area contributed by atoms with Crippen molar-refractivity contribution in [2.75, 3.05) is 13.1 Å². The summed E-state index contributed by atoms with van der Waals surface area (Å²) in [5.74, 6) is 0.123. The van der Waals surface area contributed by atoms with Gasteiger partial charge in [0, 0.05) is 12.6 Å². The molecule has 0 aromatic carbocycles. The summed E-state index contributed by atoms with van der Waals surface area (Å²) in [5.41, 5.74) is 0. The fraction of sp³-hybridized carbons (Fsp3) is 0.900. The molecular weight excluding hydrogens is 164 g/mol. The van der Waals surface area contributed by atoms with Crippen LogP contribution in [-0.2, 0) is 4.79 Å². The van der Waals surface area contributed by atoms with Gasteiger partial charge >= 0.3 is 0 Å². The van der Waals surface area contributed by atoms with Gasteiger partial charge in [0.05, 0.1) is 6.04 Å². The smallest absolute Gasteiger partial charge is 0.237 e. The van der Waals surface area contributed by atoms with Crippen LogP contribution in [0.2, 0.25) is 0 Å². The molecule has 0 heterocycles. The van der Waals surface area contributed by atoms with E-state index in [1.54, 1.807) is 0 Å². The van der Waals surface area contributed by atoms with Crippen molar-refractivity contribution in [1.29, 1.82) is 0 Å². The zero-order valence-corrected chi connectivity index (χ0v) is 9.42. The molecule has 1 N–H and O–H groups in total. The van der Waals surface area contributed by atoms with E-state index in [1.807, 2.05) is 13.8 Å². The van der Waals surface area contributed by atoms with Crippen LogP contribution < -0.4 is 5.32 Å². The third-order valence-corrected chi connectivity index (χ3v) is 2.26. The van der Waals surface area contributed by atoms with E-state index >= 15 is 0 Å². The largest absolute Gasteiger partial charge is 0.355 e. The number of hydrogen-bond donors (Lipinski definition) is 1. The first-order valence-corrected chi connectivity index (χ1v) is 5.08. The molecule has 1 atom stereocenters. The molecule has 0 radical (unpaired) electrons. The van der Waals surface area contributed by atoms with Crippen molar-refractivity contribution in [3.05, 3.63) is 0 Å². The highest BCUT2D eigenvalue weighted by Crippen LogP contribution is 2.04. The molecular formula is C10H22N2O. The maximum Gasteiger partial charge on any atom is 0.237 e. The Morgan fingerprint density at radius 1 is 1.31 bits per heavy atom. The second-order valence-corrected chi connectivity index (χ2v) is 3.49. The lowest BCUT2D eigenvalue weighted by Gasteiger charge is -2.30. The van der Waals surface area contributed by atoms with E-state index in [9.17, 15) is 4.79 Å². The predicted molar refractivity (Wildman–Crippen MR) is 55.7 cm³/mol. The van der Waals surface area contributed by atoms with Gasteiger partial charge in [-0.1, -0.05) is 6.92 Å². The molecule has 0 rings (SSSR count). The van der Waals surface area contributed by atoms with Crippen LogP contribution in [0.4, 0.5) is 0 Å². The van der Waals surface area contributed by atoms with Crippen molar-refractivity contribution >= 4 is 5.91 Å². The molecule has 0 fully saturated rings.